The number of rotatable bonds is 7. The minimum atomic E-state index is -0.385. The molecule has 0 unspecified atom stereocenters. The Morgan fingerprint density at radius 1 is 1.14 bits per heavy atom. The summed E-state index contributed by atoms with van der Waals surface area (Å²) in [4.78, 5) is 26.6. The van der Waals surface area contributed by atoms with Crippen LogP contribution in [0.3, 0.4) is 0 Å². The molecule has 2 aromatic carbocycles. The highest BCUT2D eigenvalue weighted by Crippen LogP contribution is 2.37. The highest BCUT2D eigenvalue weighted by Gasteiger charge is 2.35. The maximum atomic E-state index is 13.1. The third-order valence-corrected chi connectivity index (χ3v) is 5.28. The normalized spacial score (nSPS) is 15.1. The van der Waals surface area contributed by atoms with Crippen molar-refractivity contribution < 1.29 is 23.5 Å². The summed E-state index contributed by atoms with van der Waals surface area (Å²) in [5.41, 5.74) is 2.25. The molecule has 0 aromatic heterocycles. The molecular formula is C22H20FNO4S. The van der Waals surface area contributed by atoms with Gasteiger partial charge in [0.05, 0.1) is 25.7 Å². The second-order valence-electron chi connectivity index (χ2n) is 6.30. The molecule has 0 spiro atoms. The Morgan fingerprint density at radius 3 is 2.48 bits per heavy atom. The van der Waals surface area contributed by atoms with Gasteiger partial charge in [0.25, 0.3) is 11.1 Å². The van der Waals surface area contributed by atoms with Crippen molar-refractivity contribution in [3.63, 3.8) is 0 Å². The van der Waals surface area contributed by atoms with Crippen molar-refractivity contribution in [2.24, 2.45) is 0 Å². The van der Waals surface area contributed by atoms with Crippen molar-refractivity contribution in [1.82, 2.24) is 4.90 Å². The molecule has 0 N–H and O–H groups in total. The summed E-state index contributed by atoms with van der Waals surface area (Å²) in [6, 6.07) is 9.33. The zero-order chi connectivity index (χ0) is 21.0. The fraction of sp³-hybridized carbons (Fsp3) is 0.182. The van der Waals surface area contributed by atoms with E-state index in [9.17, 15) is 14.0 Å². The number of ether oxygens (including phenoxy) is 2. The molecule has 0 atom stereocenters. The van der Waals surface area contributed by atoms with Gasteiger partial charge < -0.3 is 9.47 Å². The maximum Gasteiger partial charge on any atom is 0.293 e. The van der Waals surface area contributed by atoms with Gasteiger partial charge in [0.2, 0.25) is 0 Å². The average Bonchev–Trinajstić information content (AvgIpc) is 2.96. The number of thioether (sulfide) groups is 1. The lowest BCUT2D eigenvalue weighted by atomic mass is 10.0. The van der Waals surface area contributed by atoms with Crippen LogP contribution in [-0.2, 0) is 17.8 Å². The summed E-state index contributed by atoms with van der Waals surface area (Å²) >= 11 is 0.874. The van der Waals surface area contributed by atoms with Crippen LogP contribution in [-0.4, -0.2) is 30.3 Å². The van der Waals surface area contributed by atoms with Crippen LogP contribution >= 0.6 is 11.8 Å². The molecule has 1 fully saturated rings. The topological polar surface area (TPSA) is 55.8 Å². The number of hydrogen-bond donors (Lipinski definition) is 0. The van der Waals surface area contributed by atoms with Crippen LogP contribution in [0.15, 0.2) is 54.0 Å². The van der Waals surface area contributed by atoms with E-state index >= 15 is 0 Å². The first kappa shape index (κ1) is 20.7. The van der Waals surface area contributed by atoms with Crippen LogP contribution in [0.2, 0.25) is 0 Å². The molecule has 7 heteroatoms. The molecule has 1 aliphatic heterocycles. The van der Waals surface area contributed by atoms with E-state index in [-0.39, 0.29) is 23.5 Å². The number of carbonyl (C=O) groups excluding carboxylic acids is 2. The fourth-order valence-electron chi connectivity index (χ4n) is 3.02. The smallest absolute Gasteiger partial charge is 0.293 e. The predicted molar refractivity (Wildman–Crippen MR) is 111 cm³/mol. The van der Waals surface area contributed by atoms with Gasteiger partial charge in [-0.25, -0.2) is 4.39 Å². The third kappa shape index (κ3) is 4.51. The minimum Gasteiger partial charge on any atom is -0.493 e. The quantitative estimate of drug-likeness (QED) is 0.482. The first-order valence-corrected chi connectivity index (χ1v) is 9.64. The SMILES string of the molecule is C=CCc1cc(/C=C2/SC(=O)N(Cc3ccc(F)cc3)C2=O)cc(OC)c1OC. The summed E-state index contributed by atoms with van der Waals surface area (Å²) in [5.74, 6) is 0.383. The highest BCUT2D eigenvalue weighted by molar-refractivity contribution is 8.18. The van der Waals surface area contributed by atoms with Crippen LogP contribution in [0.5, 0.6) is 11.5 Å². The Morgan fingerprint density at radius 2 is 1.86 bits per heavy atom. The molecule has 1 heterocycles. The van der Waals surface area contributed by atoms with Crippen LogP contribution in [0.4, 0.5) is 9.18 Å². The van der Waals surface area contributed by atoms with E-state index in [0.717, 1.165) is 22.2 Å². The van der Waals surface area contributed by atoms with E-state index in [1.807, 2.05) is 6.07 Å². The van der Waals surface area contributed by atoms with Gasteiger partial charge >= 0.3 is 0 Å². The molecule has 2 amide bonds. The van der Waals surface area contributed by atoms with E-state index in [1.54, 1.807) is 37.5 Å². The maximum absolute atomic E-state index is 13.1. The monoisotopic (exact) mass is 413 g/mol. The number of hydrogen-bond acceptors (Lipinski definition) is 5. The van der Waals surface area contributed by atoms with Crippen molar-refractivity contribution in [3.8, 4) is 11.5 Å². The molecule has 0 bridgehead atoms. The lowest BCUT2D eigenvalue weighted by Gasteiger charge is -2.13. The second kappa shape index (κ2) is 8.96. The lowest BCUT2D eigenvalue weighted by molar-refractivity contribution is -0.123. The van der Waals surface area contributed by atoms with E-state index in [4.69, 9.17) is 9.47 Å². The Labute approximate surface area is 172 Å². The van der Waals surface area contributed by atoms with Gasteiger partial charge in [0.15, 0.2) is 11.5 Å². The van der Waals surface area contributed by atoms with Crippen LogP contribution in [0.25, 0.3) is 6.08 Å². The molecular weight excluding hydrogens is 393 g/mol. The zero-order valence-corrected chi connectivity index (χ0v) is 16.9. The zero-order valence-electron chi connectivity index (χ0n) is 16.1. The van der Waals surface area contributed by atoms with E-state index < -0.39 is 0 Å². The Hall–Kier alpha value is -3.06. The number of methoxy groups -OCH3 is 2. The molecule has 0 radical (unpaired) electrons. The highest BCUT2D eigenvalue weighted by atomic mass is 32.2. The fourth-order valence-corrected chi connectivity index (χ4v) is 3.86. The van der Waals surface area contributed by atoms with E-state index in [0.29, 0.717) is 34.0 Å². The Kier molecular flexibility index (Phi) is 6.39. The summed E-state index contributed by atoms with van der Waals surface area (Å²) < 4.78 is 23.9. The van der Waals surface area contributed by atoms with Gasteiger partial charge in [-0.15, -0.1) is 6.58 Å². The number of halogens is 1. The number of amides is 2. The van der Waals surface area contributed by atoms with Gasteiger partial charge in [-0.3, -0.25) is 14.5 Å². The van der Waals surface area contributed by atoms with Crippen molar-refractivity contribution in [3.05, 3.63) is 76.5 Å². The number of benzene rings is 2. The molecule has 0 saturated carbocycles. The van der Waals surface area contributed by atoms with E-state index in [1.165, 1.54) is 19.2 Å². The van der Waals surface area contributed by atoms with Crippen molar-refractivity contribution in [1.29, 1.82) is 0 Å². The Bertz CT molecular complexity index is 985. The first-order valence-electron chi connectivity index (χ1n) is 8.82. The Balaban J connectivity index is 1.89. The molecule has 1 saturated heterocycles. The molecule has 1 aliphatic rings. The van der Waals surface area contributed by atoms with Crippen molar-refractivity contribution in [2.75, 3.05) is 14.2 Å². The molecule has 0 aliphatic carbocycles. The van der Waals surface area contributed by atoms with Crippen LogP contribution in [0.1, 0.15) is 16.7 Å². The molecule has 5 nitrogen and oxygen atoms in total. The standard InChI is InChI=1S/C22H20FNO4S/c1-4-5-16-10-15(11-18(27-2)20(16)28-3)12-19-21(25)24(22(26)29-19)13-14-6-8-17(23)9-7-14/h4,6-12H,1,5,13H2,2-3H3/b19-12+. The van der Waals surface area contributed by atoms with Gasteiger partial charge in [0, 0.05) is 5.56 Å². The third-order valence-electron chi connectivity index (χ3n) is 4.37. The number of carbonyl (C=O) groups is 2. The lowest BCUT2D eigenvalue weighted by Crippen LogP contribution is -2.27. The molecule has 150 valence electrons. The van der Waals surface area contributed by atoms with Gasteiger partial charge in [-0.1, -0.05) is 18.2 Å². The van der Waals surface area contributed by atoms with Gasteiger partial charge in [-0.05, 0) is 59.7 Å². The van der Waals surface area contributed by atoms with Crippen LogP contribution < -0.4 is 9.47 Å². The summed E-state index contributed by atoms with van der Waals surface area (Å²) in [7, 11) is 3.10. The molecule has 2 aromatic rings. The number of nitrogens with zero attached hydrogens (tertiary/aromatic N) is 1. The largest absolute Gasteiger partial charge is 0.493 e. The first-order chi connectivity index (χ1) is 14.0. The number of allylic oxidation sites excluding steroid dienone is 1. The molecule has 3 rings (SSSR count). The minimum absolute atomic E-state index is 0.0932. The average molecular weight is 413 g/mol. The summed E-state index contributed by atoms with van der Waals surface area (Å²) in [5, 5.41) is -0.364. The summed E-state index contributed by atoms with van der Waals surface area (Å²) in [6.07, 6.45) is 3.97. The van der Waals surface area contributed by atoms with E-state index in [2.05, 4.69) is 6.58 Å². The van der Waals surface area contributed by atoms with Crippen molar-refractivity contribution >= 4 is 29.0 Å². The number of imide groups is 1. The van der Waals surface area contributed by atoms with Crippen molar-refractivity contribution in [2.45, 2.75) is 13.0 Å². The molecule has 29 heavy (non-hydrogen) atoms. The summed E-state index contributed by atoms with van der Waals surface area (Å²) in [6.45, 7) is 3.85. The van der Waals surface area contributed by atoms with Gasteiger partial charge in [0.1, 0.15) is 5.82 Å². The second-order valence-corrected chi connectivity index (χ2v) is 7.30. The van der Waals surface area contributed by atoms with Crippen LogP contribution in [0, 0.1) is 5.82 Å². The van der Waals surface area contributed by atoms with Gasteiger partial charge in [-0.2, -0.15) is 0 Å². The predicted octanol–water partition coefficient (Wildman–Crippen LogP) is 4.81.